The first-order valence-electron chi connectivity index (χ1n) is 33.2. The Morgan fingerprint density at radius 2 is 1.08 bits per heavy atom. The van der Waals surface area contributed by atoms with Crippen molar-refractivity contribution in [2.24, 2.45) is 11.7 Å². The van der Waals surface area contributed by atoms with Crippen molar-refractivity contribution >= 4 is 123 Å². The van der Waals surface area contributed by atoms with Gasteiger partial charge in [0.2, 0.25) is 65.0 Å². The molecule has 7 rings (SSSR count). The number of carboxylic acid groups (broad SMARTS) is 4. The number of aliphatic hydroxyl groups excluding tert-OH is 2. The summed E-state index contributed by atoms with van der Waals surface area (Å²) in [5, 5.41) is 96.5. The van der Waals surface area contributed by atoms with E-state index in [0.29, 0.717) is 34.6 Å². The summed E-state index contributed by atoms with van der Waals surface area (Å²) in [4.78, 5) is 242. The highest BCUT2D eigenvalue weighted by Crippen LogP contribution is 2.28. The number of fused-ring (bicyclic) bond motifs is 2. The molecule has 0 aliphatic carbocycles. The number of hydrogen-bond donors (Lipinski definition) is 21. The number of benzene rings is 3. The SMILES string of the molecule is CCCC1OC1C(=O)N[C@@H](CO)C(=O)NC1C(=O)N[C@H](Cc2c[nH]c3ccccc23)C(=O)N[C@@H](CC(=O)O)C(=O)N[C@@H](CC(=O)O)C(=O)N[C@@H](c2ccc(O)cc2)C(=O)N[C@@H](CC(=O)O)C(=O)NCC(=O)N[C@H](C(O)C(N)=O)C(=O)NC(C(C)CC(=O)O)C(=O)N[C@@H](Cc2c[nH]c3ccccc23)C(=O)OC1C. The van der Waals surface area contributed by atoms with Gasteiger partial charge in [0.25, 0.3) is 5.91 Å². The Balaban J connectivity index is 1.38. The van der Waals surface area contributed by atoms with Gasteiger partial charge in [-0.2, -0.15) is 0 Å². The van der Waals surface area contributed by atoms with Crippen molar-refractivity contribution in [1.82, 2.24) is 68.5 Å². The second kappa shape index (κ2) is 37.2. The molecular weight excluding hydrogens is 1420 g/mol. The number of aromatic hydroxyl groups is 1. The summed E-state index contributed by atoms with van der Waals surface area (Å²) in [6, 6.07) is -5.25. The van der Waals surface area contributed by atoms with Crippen LogP contribution in [0.3, 0.4) is 0 Å². The molecule has 4 heterocycles. The van der Waals surface area contributed by atoms with Crippen LogP contribution in [0.5, 0.6) is 5.75 Å². The number of carbonyl (C=O) groups is 17. The summed E-state index contributed by atoms with van der Waals surface area (Å²) in [5.74, 6) is -28.2. The summed E-state index contributed by atoms with van der Waals surface area (Å²) < 4.78 is 11.3. The lowest BCUT2D eigenvalue weighted by atomic mass is 9.95. The Kier molecular flexibility index (Phi) is 28.4. The molecule has 0 radical (unpaired) electrons. The number of aliphatic carboxylic acids is 4. The lowest BCUT2D eigenvalue weighted by Gasteiger charge is -2.31. The van der Waals surface area contributed by atoms with Crippen LogP contribution in [0, 0.1) is 5.92 Å². The molecule has 574 valence electrons. The van der Waals surface area contributed by atoms with Crippen LogP contribution in [0.2, 0.25) is 0 Å². The fourth-order valence-corrected chi connectivity index (χ4v) is 11.5. The first-order chi connectivity index (χ1) is 50.7. The van der Waals surface area contributed by atoms with E-state index in [2.05, 4.69) is 47.2 Å². The van der Waals surface area contributed by atoms with Crippen molar-refractivity contribution in [3.8, 4) is 5.75 Å². The Morgan fingerprint density at radius 3 is 1.62 bits per heavy atom. The molecule has 2 saturated heterocycles. The largest absolute Gasteiger partial charge is 0.508 e. The average molecular weight is 1500 g/mol. The third-order valence-corrected chi connectivity index (χ3v) is 17.1. The summed E-state index contributed by atoms with van der Waals surface area (Å²) in [5.41, 5.74) is 6.48. The number of aromatic nitrogens is 2. The van der Waals surface area contributed by atoms with Gasteiger partial charge in [0.15, 0.2) is 12.2 Å². The van der Waals surface area contributed by atoms with Gasteiger partial charge in [-0.05, 0) is 60.2 Å². The molecule has 22 N–H and O–H groups in total. The highest BCUT2D eigenvalue weighted by molar-refractivity contribution is 6.02. The number of H-pyrrole nitrogens is 2. The Labute approximate surface area is 605 Å². The van der Waals surface area contributed by atoms with Gasteiger partial charge in [-0.1, -0.05) is 68.8 Å². The number of epoxide rings is 1. The number of hydrogen-bond acceptors (Lipinski definition) is 22. The van der Waals surface area contributed by atoms with E-state index in [0.717, 1.165) is 38.1 Å². The number of amides is 12. The second-order valence-electron chi connectivity index (χ2n) is 25.2. The Morgan fingerprint density at radius 1 is 0.589 bits per heavy atom. The highest BCUT2D eigenvalue weighted by Gasteiger charge is 2.46. The smallest absolute Gasteiger partial charge is 0.329 e. The number of rotatable bonds is 23. The van der Waals surface area contributed by atoms with Gasteiger partial charge in [0, 0.05) is 47.0 Å². The predicted molar refractivity (Wildman–Crippen MR) is 363 cm³/mol. The normalized spacial score (nSPS) is 24.4. The van der Waals surface area contributed by atoms with E-state index in [4.69, 9.17) is 15.2 Å². The van der Waals surface area contributed by atoms with Crippen LogP contribution < -0.4 is 64.2 Å². The molecule has 0 saturated carbocycles. The fraction of sp³-hybridized carbons (Fsp3) is 0.418. The molecule has 2 aromatic heterocycles. The monoisotopic (exact) mass is 1500 g/mol. The third-order valence-electron chi connectivity index (χ3n) is 17.1. The van der Waals surface area contributed by atoms with Crippen LogP contribution in [-0.2, 0) is 104 Å². The number of cyclic esters (lactones) is 1. The number of primary amides is 1. The lowest BCUT2D eigenvalue weighted by molar-refractivity contribution is -0.156. The van der Waals surface area contributed by atoms with Crippen molar-refractivity contribution in [2.45, 2.75) is 157 Å². The van der Waals surface area contributed by atoms with Crippen molar-refractivity contribution in [3.63, 3.8) is 0 Å². The van der Waals surface area contributed by atoms with E-state index in [-0.39, 0.29) is 16.7 Å². The van der Waals surface area contributed by atoms with Crippen LogP contribution in [0.4, 0.5) is 0 Å². The van der Waals surface area contributed by atoms with Gasteiger partial charge in [-0.3, -0.25) is 76.7 Å². The second-order valence-corrected chi connectivity index (χ2v) is 25.2. The molecule has 7 unspecified atom stereocenters. The van der Waals surface area contributed by atoms with E-state index in [9.17, 15) is 103 Å². The number of esters is 1. The van der Waals surface area contributed by atoms with Crippen LogP contribution in [0.15, 0.2) is 85.2 Å². The molecule has 2 aliphatic heterocycles. The molecule has 12 amide bonds. The first kappa shape index (κ1) is 81.7. The van der Waals surface area contributed by atoms with E-state index in [1.54, 1.807) is 48.5 Å². The van der Waals surface area contributed by atoms with Crippen LogP contribution >= 0.6 is 0 Å². The molecule has 15 atom stereocenters. The zero-order valence-electron chi connectivity index (χ0n) is 57.3. The van der Waals surface area contributed by atoms with Crippen molar-refractivity contribution in [1.29, 1.82) is 0 Å². The number of nitrogens with two attached hydrogens (primary N) is 1. The Bertz CT molecular complexity index is 4220. The minimum Gasteiger partial charge on any atom is -0.508 e. The number of ether oxygens (including phenoxy) is 2. The van der Waals surface area contributed by atoms with Gasteiger partial charge in [0.05, 0.1) is 44.9 Å². The van der Waals surface area contributed by atoms with Crippen molar-refractivity contribution < 1.29 is 127 Å². The Hall–Kier alpha value is -12.6. The zero-order chi connectivity index (χ0) is 78.7. The summed E-state index contributed by atoms with van der Waals surface area (Å²) in [6.07, 6.45) is -8.84. The quantitative estimate of drug-likeness (QED) is 0.0214. The maximum Gasteiger partial charge on any atom is 0.329 e. The standard InChI is InChI=1S/C67H80N14O26/c1-4-9-44-55(107-44)66(104)77-43(27-82)61(99)80-51-29(3)106-67(105)42(20-32-25-70-37-13-8-6-11-35(32)37)76-62(100)50(28(2)18-46(85)86)79-65(103)53(54(93)56(68)94)78-45(84)26-71-57(95)39(21-47(87)88)75-64(102)52(30-14-16-33(83)17-15-30)81-60(98)41(23-49(91)92)73-59(97)40(22-48(89)90)72-58(96)38(74-63(51)101)19-31-24-69-36-12-7-5-10-34(31)36/h5-8,10-17,24-25,28-29,38-44,50-55,69-70,82-83,93H,4,9,18-23,26-27H2,1-3H3,(H2,68,94)(H,71,95)(H,72,96)(H,73,97)(H,74,101)(H,75,102)(H,76,100)(H,77,104)(H,78,84)(H,79,103)(H,80,99)(H,81,98)(H,85,86)(H,87,88)(H,89,90)(H,91,92)/t28?,29?,38-,39+,40+,41+,42+,43+,44?,50?,51?,52+,53-,54?,55?/m1/s1. The van der Waals surface area contributed by atoms with E-state index in [1.807, 2.05) is 28.2 Å². The number of phenols is 1. The molecular formula is C67H80N14O26. The van der Waals surface area contributed by atoms with Gasteiger partial charge < -0.3 is 119 Å². The number of phenolic OH excluding ortho intramolecular Hbond substituents is 1. The summed E-state index contributed by atoms with van der Waals surface area (Å²) in [7, 11) is 0. The van der Waals surface area contributed by atoms with Crippen molar-refractivity contribution in [3.05, 3.63) is 102 Å². The van der Waals surface area contributed by atoms with E-state index < -0.39 is 249 Å². The maximum atomic E-state index is 15.3. The number of carbonyl (C=O) groups excluding carboxylic acids is 13. The summed E-state index contributed by atoms with van der Waals surface area (Å²) >= 11 is 0. The predicted octanol–water partition coefficient (Wildman–Crippen LogP) is -5.64. The number of aromatic amines is 2. The lowest BCUT2D eigenvalue weighted by Crippen LogP contribution is -2.63. The van der Waals surface area contributed by atoms with E-state index >= 15 is 14.4 Å². The molecule has 0 bridgehead atoms. The van der Waals surface area contributed by atoms with Crippen molar-refractivity contribution in [2.75, 3.05) is 13.2 Å². The molecule has 40 heteroatoms. The maximum absolute atomic E-state index is 15.3. The first-order valence-corrected chi connectivity index (χ1v) is 33.2. The zero-order valence-corrected chi connectivity index (χ0v) is 57.3. The van der Waals surface area contributed by atoms with Gasteiger partial charge in [-0.15, -0.1) is 0 Å². The molecule has 40 nitrogen and oxygen atoms in total. The minimum atomic E-state index is -2.73. The molecule has 2 aliphatic rings. The molecule has 107 heavy (non-hydrogen) atoms. The van der Waals surface area contributed by atoms with Gasteiger partial charge in [-0.25, -0.2) is 4.79 Å². The number of nitrogens with one attached hydrogen (secondary N) is 13. The minimum absolute atomic E-state index is 0.229. The van der Waals surface area contributed by atoms with Gasteiger partial charge >= 0.3 is 29.8 Å². The third kappa shape index (κ3) is 22.7. The fourth-order valence-electron chi connectivity index (χ4n) is 11.5. The highest BCUT2D eigenvalue weighted by atomic mass is 16.6. The van der Waals surface area contributed by atoms with Crippen LogP contribution in [-0.4, -0.2) is 238 Å². The number of para-hydroxylation sites is 2. The topological polar surface area (TPSA) is 643 Å². The molecule has 2 fully saturated rings. The van der Waals surface area contributed by atoms with E-state index in [1.165, 1.54) is 12.4 Å². The summed E-state index contributed by atoms with van der Waals surface area (Å²) in [6.45, 7) is 1.45. The molecule has 5 aromatic rings. The van der Waals surface area contributed by atoms with Crippen LogP contribution in [0.1, 0.15) is 82.0 Å². The molecule has 3 aromatic carbocycles. The number of carboxylic acids is 4. The number of aliphatic hydroxyl groups is 2. The average Bonchev–Trinajstić information content (AvgIpc) is 1.78. The van der Waals surface area contributed by atoms with Gasteiger partial charge in [0.1, 0.15) is 72.3 Å². The molecule has 0 spiro atoms. The van der Waals surface area contributed by atoms with Crippen LogP contribution in [0.25, 0.3) is 21.8 Å².